The lowest BCUT2D eigenvalue weighted by Gasteiger charge is -2.20. The zero-order chi connectivity index (χ0) is 13.0. The summed E-state index contributed by atoms with van der Waals surface area (Å²) in [5.41, 5.74) is 1.26. The third-order valence-corrected chi connectivity index (χ3v) is 6.00. The zero-order valence-corrected chi connectivity index (χ0v) is 11.5. The molecule has 3 saturated carbocycles. The number of likely N-dealkylation sites (N-methyl/N-ethyl adjacent to an activating group) is 1. The van der Waals surface area contributed by atoms with Crippen molar-refractivity contribution in [2.45, 2.75) is 31.7 Å². The molecule has 19 heavy (non-hydrogen) atoms. The van der Waals surface area contributed by atoms with Gasteiger partial charge >= 0.3 is 0 Å². The number of halogens is 1. The molecule has 0 heterocycles. The quantitative estimate of drug-likeness (QED) is 0.875. The molecule has 2 bridgehead atoms. The van der Waals surface area contributed by atoms with Crippen molar-refractivity contribution < 1.29 is 4.39 Å². The van der Waals surface area contributed by atoms with Crippen molar-refractivity contribution in [1.29, 1.82) is 0 Å². The van der Waals surface area contributed by atoms with Crippen molar-refractivity contribution in [1.82, 2.24) is 5.32 Å². The maximum Gasteiger partial charge on any atom is 0.123 e. The van der Waals surface area contributed by atoms with Gasteiger partial charge in [0.2, 0.25) is 0 Å². The van der Waals surface area contributed by atoms with Gasteiger partial charge in [-0.25, -0.2) is 4.39 Å². The first-order valence-electron chi connectivity index (χ1n) is 7.69. The van der Waals surface area contributed by atoms with E-state index in [0.29, 0.717) is 6.04 Å². The molecule has 1 aromatic carbocycles. The molecule has 0 saturated heterocycles. The summed E-state index contributed by atoms with van der Waals surface area (Å²) in [5, 5.41) is 3.53. The van der Waals surface area contributed by atoms with Crippen molar-refractivity contribution in [2.24, 2.45) is 29.6 Å². The minimum Gasteiger partial charge on any atom is -0.316 e. The van der Waals surface area contributed by atoms with Crippen LogP contribution < -0.4 is 5.32 Å². The summed E-state index contributed by atoms with van der Waals surface area (Å²) >= 11 is 0. The molecule has 2 heteroatoms. The Balaban J connectivity index is 1.46. The third-order valence-electron chi connectivity index (χ3n) is 6.00. The van der Waals surface area contributed by atoms with Crippen molar-refractivity contribution in [3.63, 3.8) is 0 Å². The van der Waals surface area contributed by atoms with Crippen LogP contribution in [-0.2, 0) is 6.42 Å². The normalized spacial score (nSPS) is 40.2. The minimum atomic E-state index is -0.133. The van der Waals surface area contributed by atoms with Gasteiger partial charge < -0.3 is 5.32 Å². The SMILES string of the molecule is CNC(Cc1ccc(F)cc1)C1C2C3CCC(C3)C21. The molecule has 0 amide bonds. The summed E-state index contributed by atoms with van der Waals surface area (Å²) in [6.07, 6.45) is 5.53. The van der Waals surface area contributed by atoms with Gasteiger partial charge in [-0.3, -0.25) is 0 Å². The molecule has 1 aromatic rings. The molecule has 0 spiro atoms. The smallest absolute Gasteiger partial charge is 0.123 e. The second kappa shape index (κ2) is 4.31. The lowest BCUT2D eigenvalue weighted by Crippen LogP contribution is -2.32. The summed E-state index contributed by atoms with van der Waals surface area (Å²) in [5.74, 6) is 4.84. The minimum absolute atomic E-state index is 0.133. The fraction of sp³-hybridized carbons (Fsp3) is 0.647. The Labute approximate surface area is 114 Å². The topological polar surface area (TPSA) is 12.0 Å². The number of nitrogens with one attached hydrogen (secondary N) is 1. The van der Waals surface area contributed by atoms with Crippen molar-refractivity contribution in [3.05, 3.63) is 35.6 Å². The number of fused-ring (bicyclic) bond motifs is 5. The lowest BCUT2D eigenvalue weighted by atomic mass is 9.93. The average molecular weight is 259 g/mol. The van der Waals surface area contributed by atoms with Gasteiger partial charge in [-0.1, -0.05) is 12.1 Å². The second-order valence-electron chi connectivity index (χ2n) is 6.79. The summed E-state index contributed by atoms with van der Waals surface area (Å²) in [7, 11) is 2.09. The second-order valence-corrected chi connectivity index (χ2v) is 6.79. The standard InChI is InChI=1S/C17H22FN/c1-19-14(8-10-2-6-13(18)7-3-10)17-15-11-4-5-12(9-11)16(15)17/h2-3,6-7,11-12,14-17,19H,4-5,8-9H2,1H3. The van der Waals surface area contributed by atoms with E-state index in [1.54, 1.807) is 12.1 Å². The van der Waals surface area contributed by atoms with Crippen molar-refractivity contribution in [2.75, 3.05) is 7.05 Å². The highest BCUT2D eigenvalue weighted by Gasteiger charge is 2.66. The monoisotopic (exact) mass is 259 g/mol. The molecule has 3 aliphatic rings. The molecule has 4 rings (SSSR count). The Hall–Kier alpha value is -0.890. The molecule has 1 N–H and O–H groups in total. The Morgan fingerprint density at radius 3 is 2.37 bits per heavy atom. The number of rotatable bonds is 4. The van der Waals surface area contributed by atoms with Gasteiger partial charge in [0.25, 0.3) is 0 Å². The summed E-state index contributed by atoms with van der Waals surface area (Å²) in [6, 6.07) is 7.63. The van der Waals surface area contributed by atoms with E-state index in [0.717, 1.165) is 36.0 Å². The van der Waals surface area contributed by atoms with E-state index in [1.165, 1.54) is 24.8 Å². The Bertz CT molecular complexity index is 453. The van der Waals surface area contributed by atoms with Crippen LogP contribution in [0.5, 0.6) is 0 Å². The molecular weight excluding hydrogens is 237 g/mol. The Morgan fingerprint density at radius 1 is 1.16 bits per heavy atom. The summed E-state index contributed by atoms with van der Waals surface area (Å²) in [6.45, 7) is 0. The van der Waals surface area contributed by atoms with Gasteiger partial charge in [-0.05, 0) is 80.0 Å². The van der Waals surface area contributed by atoms with Crippen LogP contribution in [0.3, 0.4) is 0 Å². The predicted molar refractivity (Wildman–Crippen MR) is 74.3 cm³/mol. The van der Waals surface area contributed by atoms with E-state index in [1.807, 2.05) is 12.1 Å². The van der Waals surface area contributed by atoms with Crippen LogP contribution >= 0.6 is 0 Å². The van der Waals surface area contributed by atoms with Crippen LogP contribution in [0, 0.1) is 35.4 Å². The van der Waals surface area contributed by atoms with Crippen molar-refractivity contribution >= 4 is 0 Å². The van der Waals surface area contributed by atoms with Gasteiger partial charge in [-0.2, -0.15) is 0 Å². The highest BCUT2D eigenvalue weighted by atomic mass is 19.1. The third kappa shape index (κ3) is 1.84. The van der Waals surface area contributed by atoms with Crippen LogP contribution in [0.25, 0.3) is 0 Å². The van der Waals surface area contributed by atoms with Crippen LogP contribution in [0.2, 0.25) is 0 Å². The van der Waals surface area contributed by atoms with Crippen LogP contribution in [0.4, 0.5) is 4.39 Å². The van der Waals surface area contributed by atoms with Gasteiger partial charge in [0.05, 0.1) is 0 Å². The average Bonchev–Trinajstić information content (AvgIpc) is 2.86. The highest BCUT2D eigenvalue weighted by Crippen LogP contribution is 2.70. The highest BCUT2D eigenvalue weighted by molar-refractivity contribution is 5.21. The van der Waals surface area contributed by atoms with E-state index >= 15 is 0 Å². The van der Waals surface area contributed by atoms with Gasteiger partial charge in [0.1, 0.15) is 5.82 Å². The van der Waals surface area contributed by atoms with Crippen molar-refractivity contribution in [3.8, 4) is 0 Å². The fourth-order valence-electron chi connectivity index (χ4n) is 5.24. The molecule has 5 atom stereocenters. The van der Waals surface area contributed by atoms with Gasteiger partial charge in [-0.15, -0.1) is 0 Å². The first-order chi connectivity index (χ1) is 9.28. The van der Waals surface area contributed by atoms with Crippen LogP contribution in [0.15, 0.2) is 24.3 Å². The number of hydrogen-bond donors (Lipinski definition) is 1. The van der Waals surface area contributed by atoms with Gasteiger partial charge in [0, 0.05) is 6.04 Å². The molecule has 0 radical (unpaired) electrons. The fourth-order valence-corrected chi connectivity index (χ4v) is 5.24. The molecular formula is C17H22FN. The Kier molecular flexibility index (Phi) is 2.70. The molecule has 5 unspecified atom stereocenters. The number of hydrogen-bond acceptors (Lipinski definition) is 1. The largest absolute Gasteiger partial charge is 0.316 e. The summed E-state index contributed by atoms with van der Waals surface area (Å²) in [4.78, 5) is 0. The van der Waals surface area contributed by atoms with Crippen LogP contribution in [-0.4, -0.2) is 13.1 Å². The summed E-state index contributed by atoms with van der Waals surface area (Å²) < 4.78 is 13.0. The van der Waals surface area contributed by atoms with E-state index in [2.05, 4.69) is 12.4 Å². The van der Waals surface area contributed by atoms with Gasteiger partial charge in [0.15, 0.2) is 0 Å². The maximum absolute atomic E-state index is 13.0. The van der Waals surface area contributed by atoms with E-state index < -0.39 is 0 Å². The first kappa shape index (κ1) is 11.9. The Morgan fingerprint density at radius 2 is 1.79 bits per heavy atom. The predicted octanol–water partition coefficient (Wildman–Crippen LogP) is 3.25. The molecule has 102 valence electrons. The van der Waals surface area contributed by atoms with Crippen LogP contribution in [0.1, 0.15) is 24.8 Å². The van der Waals surface area contributed by atoms with E-state index in [-0.39, 0.29) is 5.82 Å². The molecule has 0 aromatic heterocycles. The molecule has 3 fully saturated rings. The zero-order valence-electron chi connectivity index (χ0n) is 11.5. The first-order valence-corrected chi connectivity index (χ1v) is 7.69. The maximum atomic E-state index is 13.0. The molecule has 0 aliphatic heterocycles. The molecule has 1 nitrogen and oxygen atoms in total. The molecule has 3 aliphatic carbocycles. The number of benzene rings is 1. The van der Waals surface area contributed by atoms with E-state index in [4.69, 9.17) is 0 Å². The lowest BCUT2D eigenvalue weighted by molar-refractivity contribution is 0.376. The van der Waals surface area contributed by atoms with E-state index in [9.17, 15) is 4.39 Å².